The summed E-state index contributed by atoms with van der Waals surface area (Å²) in [5, 5.41) is 0.558. The Balaban J connectivity index is 1.77. The summed E-state index contributed by atoms with van der Waals surface area (Å²) in [6.07, 6.45) is 2.97. The van der Waals surface area contributed by atoms with Crippen molar-refractivity contribution in [2.24, 2.45) is 4.99 Å². The zero-order valence-electron chi connectivity index (χ0n) is 14.1. The number of esters is 1. The van der Waals surface area contributed by atoms with E-state index in [0.29, 0.717) is 28.7 Å². The zero-order valence-corrected chi connectivity index (χ0v) is 14.8. The lowest BCUT2D eigenvalue weighted by molar-refractivity contribution is -0.130. The van der Waals surface area contributed by atoms with Gasteiger partial charge >= 0.3 is 5.97 Å². The monoisotopic (exact) mass is 355 g/mol. The number of aliphatic imine (C=N–C) groups is 1. The highest BCUT2D eigenvalue weighted by atomic mass is 35.5. The van der Waals surface area contributed by atoms with E-state index in [1.165, 1.54) is 11.1 Å². The summed E-state index contributed by atoms with van der Waals surface area (Å²) >= 11 is 6.02. The summed E-state index contributed by atoms with van der Waals surface area (Å²) in [7, 11) is 1.56. The van der Waals surface area contributed by atoms with Crippen molar-refractivity contribution in [1.29, 1.82) is 0 Å². The Hall–Kier alpha value is -2.59. The van der Waals surface area contributed by atoms with Crippen molar-refractivity contribution < 1.29 is 14.3 Å². The van der Waals surface area contributed by atoms with Gasteiger partial charge in [0.25, 0.3) is 0 Å². The molecule has 0 fully saturated rings. The molecule has 25 heavy (non-hydrogen) atoms. The molecule has 5 heteroatoms. The summed E-state index contributed by atoms with van der Waals surface area (Å²) in [5.74, 6) is 0.591. The van der Waals surface area contributed by atoms with Gasteiger partial charge in [0.2, 0.25) is 0 Å². The molecular formula is C20H18ClNO3. The number of carbonyl (C=O) groups is 1. The number of ether oxygens (including phenoxy) is 2. The normalized spacial score (nSPS) is 15.2. The van der Waals surface area contributed by atoms with Gasteiger partial charge in [0, 0.05) is 17.0 Å². The van der Waals surface area contributed by atoms with Crippen molar-refractivity contribution in [1.82, 2.24) is 0 Å². The van der Waals surface area contributed by atoms with Crippen LogP contribution in [-0.4, -0.2) is 19.0 Å². The van der Waals surface area contributed by atoms with Crippen LogP contribution in [0.1, 0.15) is 23.1 Å². The average Bonchev–Trinajstić information content (AvgIpc) is 2.93. The molecule has 0 aromatic heterocycles. The van der Waals surface area contributed by atoms with Crippen molar-refractivity contribution >= 4 is 29.5 Å². The highest BCUT2D eigenvalue weighted by Crippen LogP contribution is 2.27. The fraction of sp³-hybridized carbons (Fsp3) is 0.200. The fourth-order valence-corrected chi connectivity index (χ4v) is 2.82. The van der Waals surface area contributed by atoms with Crippen LogP contribution in [0.4, 0.5) is 0 Å². The number of benzene rings is 2. The standard InChI is InChI=1S/C20H18ClNO3/c1-13-4-3-5-14(10-13)6-9-19-22-17(20(23)25-19)12-15-11-16(21)7-8-18(15)24-2/h3-5,7-8,10-12H,6,9H2,1-2H3/b17-12+. The molecule has 0 radical (unpaired) electrons. The molecule has 1 aliphatic heterocycles. The molecule has 0 saturated carbocycles. The van der Waals surface area contributed by atoms with Gasteiger partial charge in [0.15, 0.2) is 11.6 Å². The van der Waals surface area contributed by atoms with Gasteiger partial charge in [-0.1, -0.05) is 41.4 Å². The number of rotatable bonds is 5. The highest BCUT2D eigenvalue weighted by Gasteiger charge is 2.23. The predicted molar refractivity (Wildman–Crippen MR) is 99.0 cm³/mol. The first kappa shape index (κ1) is 17.2. The van der Waals surface area contributed by atoms with Crippen LogP contribution in [0.5, 0.6) is 5.75 Å². The third kappa shape index (κ3) is 4.28. The van der Waals surface area contributed by atoms with Gasteiger partial charge in [-0.3, -0.25) is 0 Å². The molecule has 0 atom stereocenters. The quantitative estimate of drug-likeness (QED) is 0.582. The van der Waals surface area contributed by atoms with Crippen LogP contribution in [0.2, 0.25) is 5.02 Å². The predicted octanol–water partition coefficient (Wildman–Crippen LogP) is 4.59. The maximum atomic E-state index is 12.1. The number of halogens is 1. The molecule has 4 nitrogen and oxygen atoms in total. The zero-order chi connectivity index (χ0) is 17.8. The molecule has 128 valence electrons. The van der Waals surface area contributed by atoms with E-state index in [1.807, 2.05) is 6.07 Å². The number of hydrogen-bond acceptors (Lipinski definition) is 4. The largest absolute Gasteiger partial charge is 0.496 e. The van der Waals surface area contributed by atoms with Gasteiger partial charge in [-0.25, -0.2) is 9.79 Å². The van der Waals surface area contributed by atoms with Crippen molar-refractivity contribution in [3.63, 3.8) is 0 Å². The van der Waals surface area contributed by atoms with Gasteiger partial charge in [-0.15, -0.1) is 0 Å². The molecule has 0 saturated heterocycles. The van der Waals surface area contributed by atoms with E-state index in [1.54, 1.807) is 31.4 Å². The van der Waals surface area contributed by atoms with E-state index >= 15 is 0 Å². The number of cyclic esters (lactones) is 1. The molecule has 1 aliphatic rings. The topological polar surface area (TPSA) is 47.9 Å². The van der Waals surface area contributed by atoms with E-state index < -0.39 is 5.97 Å². The summed E-state index contributed by atoms with van der Waals surface area (Å²) in [6, 6.07) is 13.4. The van der Waals surface area contributed by atoms with E-state index in [-0.39, 0.29) is 5.70 Å². The van der Waals surface area contributed by atoms with Gasteiger partial charge in [0.05, 0.1) is 7.11 Å². The van der Waals surface area contributed by atoms with Gasteiger partial charge in [-0.05, 0) is 43.2 Å². The summed E-state index contributed by atoms with van der Waals surface area (Å²) < 4.78 is 10.6. The first-order valence-electron chi connectivity index (χ1n) is 7.95. The van der Waals surface area contributed by atoms with Crippen molar-refractivity contribution in [3.8, 4) is 5.75 Å². The first-order valence-corrected chi connectivity index (χ1v) is 8.33. The molecule has 0 unspecified atom stereocenters. The Morgan fingerprint density at radius 3 is 2.80 bits per heavy atom. The second-order valence-corrected chi connectivity index (χ2v) is 6.24. The van der Waals surface area contributed by atoms with Crippen LogP contribution < -0.4 is 4.74 Å². The Morgan fingerprint density at radius 1 is 1.20 bits per heavy atom. The number of nitrogens with zero attached hydrogens (tertiary/aromatic N) is 1. The van der Waals surface area contributed by atoms with E-state index in [0.717, 1.165) is 6.42 Å². The SMILES string of the molecule is COc1ccc(Cl)cc1/C=C1/N=C(CCc2cccc(C)c2)OC1=O. The van der Waals surface area contributed by atoms with Crippen molar-refractivity contribution in [2.45, 2.75) is 19.8 Å². The number of carbonyl (C=O) groups excluding carboxylic acids is 1. The van der Waals surface area contributed by atoms with Crippen LogP contribution in [0, 0.1) is 6.92 Å². The maximum Gasteiger partial charge on any atom is 0.363 e. The molecule has 0 bridgehead atoms. The second-order valence-electron chi connectivity index (χ2n) is 5.80. The lowest BCUT2D eigenvalue weighted by Gasteiger charge is -2.04. The Kier molecular flexibility index (Phi) is 5.19. The molecule has 0 amide bonds. The van der Waals surface area contributed by atoms with Crippen molar-refractivity contribution in [3.05, 3.63) is 69.9 Å². The van der Waals surface area contributed by atoms with Crippen LogP contribution in [0.15, 0.2) is 53.2 Å². The molecule has 0 spiro atoms. The molecular weight excluding hydrogens is 338 g/mol. The summed E-state index contributed by atoms with van der Waals surface area (Å²) in [4.78, 5) is 16.4. The molecule has 2 aromatic rings. The van der Waals surface area contributed by atoms with Crippen LogP contribution in [0.25, 0.3) is 6.08 Å². The maximum absolute atomic E-state index is 12.1. The first-order chi connectivity index (χ1) is 12.0. The number of hydrogen-bond donors (Lipinski definition) is 0. The third-order valence-electron chi connectivity index (χ3n) is 3.86. The Morgan fingerprint density at radius 2 is 2.04 bits per heavy atom. The average molecular weight is 356 g/mol. The molecule has 2 aromatic carbocycles. The highest BCUT2D eigenvalue weighted by molar-refractivity contribution is 6.30. The minimum Gasteiger partial charge on any atom is -0.496 e. The lowest BCUT2D eigenvalue weighted by Crippen LogP contribution is -2.05. The Bertz CT molecular complexity index is 871. The lowest BCUT2D eigenvalue weighted by atomic mass is 10.1. The number of aryl methyl sites for hydroxylation is 2. The fourth-order valence-electron chi connectivity index (χ4n) is 2.64. The smallest absolute Gasteiger partial charge is 0.363 e. The number of methoxy groups -OCH3 is 1. The minimum atomic E-state index is -0.457. The van der Waals surface area contributed by atoms with Crippen LogP contribution in [0.3, 0.4) is 0 Å². The van der Waals surface area contributed by atoms with Crippen LogP contribution >= 0.6 is 11.6 Å². The summed E-state index contributed by atoms with van der Waals surface area (Å²) in [6.45, 7) is 2.05. The van der Waals surface area contributed by atoms with E-state index in [4.69, 9.17) is 21.1 Å². The van der Waals surface area contributed by atoms with Crippen LogP contribution in [-0.2, 0) is 16.0 Å². The molecule has 3 rings (SSSR count). The molecule has 0 aliphatic carbocycles. The van der Waals surface area contributed by atoms with E-state index in [9.17, 15) is 4.79 Å². The van der Waals surface area contributed by atoms with E-state index in [2.05, 4.69) is 30.1 Å². The molecule has 1 heterocycles. The van der Waals surface area contributed by atoms with Gasteiger partial charge < -0.3 is 9.47 Å². The summed E-state index contributed by atoms with van der Waals surface area (Å²) in [5.41, 5.74) is 3.33. The second kappa shape index (κ2) is 7.53. The minimum absolute atomic E-state index is 0.250. The molecule has 0 N–H and O–H groups in total. The van der Waals surface area contributed by atoms with Crippen molar-refractivity contribution in [2.75, 3.05) is 7.11 Å². The van der Waals surface area contributed by atoms with Gasteiger partial charge in [0.1, 0.15) is 5.75 Å². The van der Waals surface area contributed by atoms with Gasteiger partial charge in [-0.2, -0.15) is 0 Å². The Labute approximate surface area is 151 Å². The third-order valence-corrected chi connectivity index (χ3v) is 4.09.